The average Bonchev–Trinajstić information content (AvgIpc) is 1.72. The number of nitrogen functional groups attached to an aromatic ring is 1. The second kappa shape index (κ2) is 56.0. The molecule has 5 heterocycles. The summed E-state index contributed by atoms with van der Waals surface area (Å²) in [7, 11) is 2.43. The number of methoxy groups -OCH3 is 2. The molecule has 0 radical (unpaired) electrons. The summed E-state index contributed by atoms with van der Waals surface area (Å²) in [5, 5.41) is 42.1. The highest BCUT2D eigenvalue weighted by Gasteiger charge is 2.53. The number of aliphatic hydroxyl groups is 3. The number of hydrogen-bond acceptors (Lipinski definition) is 28. The van der Waals surface area contributed by atoms with E-state index in [1.807, 2.05) is 80.8 Å². The number of pyridine rings is 1. The summed E-state index contributed by atoms with van der Waals surface area (Å²) in [6, 6.07) is 10.5. The number of nitrogens with zero attached hydrogens (tertiary/aromatic N) is 3. The van der Waals surface area contributed by atoms with Crippen LogP contribution in [0.15, 0.2) is 101 Å². The lowest BCUT2D eigenvalue weighted by atomic mass is 9.80. The number of piperidine rings is 1. The maximum absolute atomic E-state index is 16.1. The van der Waals surface area contributed by atoms with E-state index in [9.17, 15) is 53.7 Å². The molecule has 16 atom stereocenters. The fraction of sp³-hybridized carbons (Fsp3) is 0.642. The van der Waals surface area contributed by atoms with E-state index < -0.39 is 136 Å². The molecule has 1 saturated carbocycles. The Hall–Kier alpha value is -8.14. The van der Waals surface area contributed by atoms with Gasteiger partial charge in [0.05, 0.1) is 131 Å². The number of cyclic esters (lactones) is 1. The summed E-state index contributed by atoms with van der Waals surface area (Å²) in [5.41, 5.74) is 17.0. The lowest BCUT2D eigenvalue weighted by Crippen LogP contribution is -2.61. The number of carbonyl (C=O) groups excluding carboxylic acids is 8. The Morgan fingerprint density at radius 1 is 0.713 bits per heavy atom. The minimum Gasteiger partial charge on any atom is -0.491 e. The van der Waals surface area contributed by atoms with E-state index in [4.69, 9.17) is 77.8 Å². The van der Waals surface area contributed by atoms with Crippen molar-refractivity contribution in [3.8, 4) is 16.9 Å². The number of halogens is 1. The van der Waals surface area contributed by atoms with Gasteiger partial charge in [0.15, 0.2) is 5.78 Å². The lowest BCUT2D eigenvalue weighted by molar-refractivity contribution is -0.265. The van der Waals surface area contributed by atoms with Crippen LogP contribution in [0.2, 0.25) is 0 Å². The molecule has 4 aliphatic heterocycles. The molecule has 4 amide bonds. The van der Waals surface area contributed by atoms with Crippen LogP contribution >= 0.6 is 10.5 Å². The van der Waals surface area contributed by atoms with Gasteiger partial charge in [0.2, 0.25) is 11.7 Å². The standard InChI is InChI=1S/C95H140FN7O25S/c1-11-129(83-28-25-74(68(8)86(83)96)91(110)102-34-37-125-78-27-22-70(57-72(78)61-102)71-23-29-84(98)101-60-71)52-32-99-85(105)30-35-117-38-40-119-42-44-121-46-48-123-50-51-124-49-47-122-45-43-120-41-39-118-36-31-100-94(113)127-79-26-21-69(56-82(79)116-10)55-75(97)81-59-77(104)64(4)54-66(6)88(107)89(108)87(106)65(5)53-62(2)17-13-12-14-18-63(3)80(115-9)58-73-24-20-67(7)95(114,128-73)90(109)92(111)103-33-16-15-19-76(103)93(112)126-81/h11-14,17-18,22-23,25,27-29,54,57,60,62,64-65,67,69,73,75-76,79-82,88-89,107-108,114H,15-16,19-21,24,26,30-53,55-56,58-59,61,97H2,1-10H3,(H2,98,101)(H,99,105)(H,100,113)/b14-12+,17-13+,63-18+,66-54+/t62-,64-,65-,67-,69?,73+,75-,76+,79-,80+,81+,82-,88-,89+,95-,129?/m1/s1. The second-order valence-corrected chi connectivity index (χ2v) is 35.8. The molecular weight excluding hydrogens is 1690 g/mol. The number of rotatable bonds is 39. The highest BCUT2D eigenvalue weighted by molar-refractivity contribution is 8.15. The van der Waals surface area contributed by atoms with Gasteiger partial charge in [-0.15, -0.1) is 0 Å². The van der Waals surface area contributed by atoms with Crippen LogP contribution in [0.1, 0.15) is 153 Å². The summed E-state index contributed by atoms with van der Waals surface area (Å²) in [4.78, 5) is 119. The number of ketones is 3. The van der Waals surface area contributed by atoms with Gasteiger partial charge < -0.3 is 114 Å². The van der Waals surface area contributed by atoms with Crippen LogP contribution in [0, 0.1) is 42.3 Å². The quantitative estimate of drug-likeness (QED) is 0.00921. The Morgan fingerprint density at radius 2 is 1.36 bits per heavy atom. The lowest BCUT2D eigenvalue weighted by Gasteiger charge is -2.42. The van der Waals surface area contributed by atoms with Crippen LogP contribution in [0.5, 0.6) is 5.75 Å². The number of allylic oxidation sites excluding steroid dienone is 6. The van der Waals surface area contributed by atoms with E-state index in [1.54, 1.807) is 64.1 Å². The third-order valence-electron chi connectivity index (χ3n) is 24.1. The third-order valence-corrected chi connectivity index (χ3v) is 26.2. The van der Waals surface area contributed by atoms with Crippen molar-refractivity contribution in [2.75, 3.05) is 164 Å². The van der Waals surface area contributed by atoms with E-state index in [0.717, 1.165) is 27.2 Å². The molecular formula is C95H140FN7O25S. The highest BCUT2D eigenvalue weighted by Crippen LogP contribution is 2.39. The van der Waals surface area contributed by atoms with Crippen molar-refractivity contribution >= 4 is 68.8 Å². The predicted molar refractivity (Wildman–Crippen MR) is 484 cm³/mol. The van der Waals surface area contributed by atoms with E-state index in [2.05, 4.69) is 15.6 Å². The van der Waals surface area contributed by atoms with Crippen molar-refractivity contribution in [1.29, 1.82) is 0 Å². The molecule has 34 heteroatoms. The molecule has 32 nitrogen and oxygen atoms in total. The molecule has 8 rings (SSSR count). The number of hydrogen-bond donors (Lipinski definition) is 7. The largest absolute Gasteiger partial charge is 0.491 e. The highest BCUT2D eigenvalue weighted by atomic mass is 32.2. The summed E-state index contributed by atoms with van der Waals surface area (Å²) in [5.74, 6) is -8.64. The minimum atomic E-state index is -2.51. The molecule has 0 spiro atoms. The zero-order valence-corrected chi connectivity index (χ0v) is 77.6. The number of Topliss-reactive ketones (excluding diaryl/α,β-unsaturated/α-hetero) is 3. The molecule has 5 aliphatic rings. The molecule has 9 N–H and O–H groups in total. The molecule has 2 saturated heterocycles. The first kappa shape index (κ1) is 106. The molecule has 2 unspecified atom stereocenters. The monoisotopic (exact) mass is 1830 g/mol. The normalized spacial score (nSPS) is 26.9. The summed E-state index contributed by atoms with van der Waals surface area (Å²) in [6.07, 6.45) is 8.55. The van der Waals surface area contributed by atoms with E-state index >= 15 is 4.39 Å². The van der Waals surface area contributed by atoms with Gasteiger partial charge in [-0.3, -0.25) is 28.8 Å². The number of nitrogens with one attached hydrogen (secondary N) is 2. The van der Waals surface area contributed by atoms with E-state index in [-0.39, 0.29) is 98.9 Å². The topological polar surface area (TPSA) is 422 Å². The van der Waals surface area contributed by atoms with Crippen LogP contribution in [0.3, 0.4) is 0 Å². The number of anilines is 1. The molecule has 1 aliphatic carbocycles. The van der Waals surface area contributed by atoms with Crippen LogP contribution in [0.25, 0.3) is 11.1 Å². The number of amides is 4. The van der Waals surface area contributed by atoms with Gasteiger partial charge in [-0.1, -0.05) is 75.6 Å². The van der Waals surface area contributed by atoms with Crippen molar-refractivity contribution < 1.29 is 124 Å². The molecule has 2 bridgehead atoms. The molecule has 3 aromatic rings. The van der Waals surface area contributed by atoms with Crippen LogP contribution in [-0.2, 0) is 96.9 Å². The van der Waals surface area contributed by atoms with Crippen molar-refractivity contribution in [3.63, 3.8) is 0 Å². The summed E-state index contributed by atoms with van der Waals surface area (Å²) in [6.45, 7) is 20.5. The number of alkyl carbamates (subject to hydrolysis) is 1. The van der Waals surface area contributed by atoms with E-state index in [0.29, 0.717) is 186 Å². The Labute approximate surface area is 760 Å². The number of ether oxygens (including phenoxy) is 14. The van der Waals surface area contributed by atoms with Gasteiger partial charge in [0, 0.05) is 117 Å². The summed E-state index contributed by atoms with van der Waals surface area (Å²) >= 11 is 0. The van der Waals surface area contributed by atoms with Crippen LogP contribution < -0.4 is 26.8 Å². The Morgan fingerprint density at radius 3 is 2.00 bits per heavy atom. The van der Waals surface area contributed by atoms with Crippen molar-refractivity contribution in [1.82, 2.24) is 25.4 Å². The first-order valence-corrected chi connectivity index (χ1v) is 46.8. The Kier molecular flexibility index (Phi) is 46.1. The SMILES string of the molecule is C/C=S(\CCNC(=O)CCOCCOCCOCCOCCOCCOCCOCCOCCNC(=O)O[C@@H]1CCC(C[C@@H](N)[C@@H]2CC(=O)[C@H](C)/C=C(\C)[C@@H](O)[C@@H](O)C(=O)[C@H](C)C[C@H](C)/C=C/C=C/C=C(\C)[C@@H](OC)C[C@@H]3CC[C@@H](C)[C@@](O)(O3)C(=O)C(=O)N3CCCC[C@H]3C(=O)O2)C[C@H]1OC)c1ccc(C(=O)N2CCOc3ccc(-c4ccc(N)nc4)cc3C2)c(C)c1F. The van der Waals surface area contributed by atoms with Gasteiger partial charge in [-0.2, -0.15) is 10.5 Å². The number of esters is 1. The average molecular weight is 1830 g/mol. The van der Waals surface area contributed by atoms with Gasteiger partial charge >= 0.3 is 12.1 Å². The second-order valence-electron chi connectivity index (χ2n) is 33.7. The fourth-order valence-corrected chi connectivity index (χ4v) is 18.0. The zero-order valence-electron chi connectivity index (χ0n) is 76.8. The van der Waals surface area contributed by atoms with E-state index in [1.165, 1.54) is 20.1 Å². The van der Waals surface area contributed by atoms with Crippen molar-refractivity contribution in [2.45, 2.75) is 211 Å². The maximum Gasteiger partial charge on any atom is 0.407 e. The van der Waals surface area contributed by atoms with Gasteiger partial charge in [0.1, 0.15) is 60.2 Å². The smallest absolute Gasteiger partial charge is 0.407 e. The predicted octanol–water partition coefficient (Wildman–Crippen LogP) is 8.87. The van der Waals surface area contributed by atoms with Gasteiger partial charge in [-0.05, 0) is 162 Å². The third kappa shape index (κ3) is 33.8. The zero-order chi connectivity index (χ0) is 93.4. The van der Waals surface area contributed by atoms with Gasteiger partial charge in [-0.25, -0.2) is 19.0 Å². The number of benzene rings is 2. The number of carbonyl (C=O) groups is 8. The fourth-order valence-electron chi connectivity index (χ4n) is 16.3. The molecule has 129 heavy (non-hydrogen) atoms. The first-order valence-electron chi connectivity index (χ1n) is 45.3. The molecule has 2 aromatic carbocycles. The minimum absolute atomic E-state index is 0.00532. The molecule has 718 valence electrons. The Bertz CT molecular complexity index is 4230. The Balaban J connectivity index is 0.640. The maximum atomic E-state index is 16.1. The van der Waals surface area contributed by atoms with Gasteiger partial charge in [0.25, 0.3) is 17.6 Å². The summed E-state index contributed by atoms with van der Waals surface area (Å²) < 4.78 is 96.8. The molecule has 1 aromatic heterocycles. The van der Waals surface area contributed by atoms with Crippen molar-refractivity contribution in [3.05, 3.63) is 119 Å². The number of nitrogens with two attached hydrogens (primary N) is 2. The van der Waals surface area contributed by atoms with Crippen LogP contribution in [0.4, 0.5) is 15.0 Å². The first-order chi connectivity index (χ1) is 62.0. The number of aliphatic hydroxyl groups excluding tert-OH is 2. The van der Waals surface area contributed by atoms with Crippen LogP contribution in [-0.4, -0.2) is 302 Å². The number of aromatic nitrogens is 1. The van der Waals surface area contributed by atoms with Crippen molar-refractivity contribution in [2.24, 2.45) is 35.3 Å². The molecule has 3 fully saturated rings. The number of fused-ring (bicyclic) bond motifs is 4.